The molecule has 0 rings (SSSR count). The lowest BCUT2D eigenvalue weighted by Gasteiger charge is -2.30. The van der Waals surface area contributed by atoms with Crippen LogP contribution in [0, 0.1) is 0 Å². The van der Waals surface area contributed by atoms with Crippen LogP contribution in [0.2, 0.25) is 0 Å². The van der Waals surface area contributed by atoms with E-state index >= 15 is 0 Å². The van der Waals surface area contributed by atoms with E-state index in [1.165, 1.54) is 0 Å². The van der Waals surface area contributed by atoms with Crippen molar-refractivity contribution in [1.82, 2.24) is 0 Å². The lowest BCUT2D eigenvalue weighted by Crippen LogP contribution is -2.46. The topological polar surface area (TPSA) is 99.1 Å². The first kappa shape index (κ1) is 23.4. The fourth-order valence-corrected chi connectivity index (χ4v) is 2.16. The number of carboxylic acids is 1. The van der Waals surface area contributed by atoms with Gasteiger partial charge in [-0.05, 0) is 19.3 Å². The average molecular weight is 360 g/mol. The van der Waals surface area contributed by atoms with Gasteiger partial charge < -0.3 is 19.3 Å². The van der Waals surface area contributed by atoms with E-state index in [-0.39, 0.29) is 26.1 Å². The van der Waals surface area contributed by atoms with Crippen molar-refractivity contribution in [2.24, 2.45) is 0 Å². The van der Waals surface area contributed by atoms with E-state index < -0.39 is 30.1 Å². The highest BCUT2D eigenvalue weighted by atomic mass is 16.6. The van der Waals surface area contributed by atoms with Crippen LogP contribution in [-0.4, -0.2) is 48.4 Å². The maximum absolute atomic E-state index is 12.6. The molecule has 0 aromatic heterocycles. The number of hydrogen-bond acceptors (Lipinski definition) is 6. The highest BCUT2D eigenvalue weighted by molar-refractivity contribution is 5.86. The Bertz CT molecular complexity index is 408. The maximum Gasteiger partial charge on any atom is 0.339 e. The van der Waals surface area contributed by atoms with Crippen LogP contribution in [0.5, 0.6) is 0 Å². The van der Waals surface area contributed by atoms with Crippen molar-refractivity contribution in [3.05, 3.63) is 0 Å². The molecule has 7 nitrogen and oxygen atoms in total. The van der Waals surface area contributed by atoms with Crippen molar-refractivity contribution in [3.8, 4) is 0 Å². The number of rotatable bonds is 15. The number of carboxylic acid groups (broad SMARTS) is 1. The fourth-order valence-electron chi connectivity index (χ4n) is 2.16. The summed E-state index contributed by atoms with van der Waals surface area (Å²) >= 11 is 0. The molecule has 0 fully saturated rings. The normalized spacial score (nSPS) is 13.1. The van der Waals surface area contributed by atoms with Gasteiger partial charge in [0, 0.05) is 0 Å². The molecule has 0 spiro atoms. The van der Waals surface area contributed by atoms with Crippen LogP contribution in [0.1, 0.15) is 72.1 Å². The first-order chi connectivity index (χ1) is 11.9. The predicted molar refractivity (Wildman–Crippen MR) is 92.2 cm³/mol. The molecular formula is C18H32O7. The molecule has 0 aliphatic heterocycles. The summed E-state index contributed by atoms with van der Waals surface area (Å²) in [6.07, 6.45) is 4.39. The van der Waals surface area contributed by atoms with E-state index in [2.05, 4.69) is 0 Å². The zero-order chi connectivity index (χ0) is 19.1. The zero-order valence-electron chi connectivity index (χ0n) is 15.7. The SMILES string of the molecule is CCCCOC(=O)CC(CCCC)(OCC(=O)O)C(=O)OCCCC. The predicted octanol–water partition coefficient (Wildman–Crippen LogP) is 3.09. The monoisotopic (exact) mass is 360 g/mol. The Hall–Kier alpha value is -1.63. The third kappa shape index (κ3) is 10.1. The molecule has 0 aliphatic rings. The van der Waals surface area contributed by atoms with Crippen LogP contribution in [0.15, 0.2) is 0 Å². The van der Waals surface area contributed by atoms with Gasteiger partial charge in [-0.3, -0.25) is 4.79 Å². The summed E-state index contributed by atoms with van der Waals surface area (Å²) in [7, 11) is 0. The fraction of sp³-hybridized carbons (Fsp3) is 0.833. The Labute approximate surface area is 150 Å². The average Bonchev–Trinajstić information content (AvgIpc) is 2.57. The Morgan fingerprint density at radius 1 is 0.880 bits per heavy atom. The van der Waals surface area contributed by atoms with Crippen LogP contribution in [0.3, 0.4) is 0 Å². The molecule has 1 unspecified atom stereocenters. The molecule has 1 N–H and O–H groups in total. The Balaban J connectivity index is 5.16. The van der Waals surface area contributed by atoms with Crippen LogP contribution in [-0.2, 0) is 28.6 Å². The standard InChI is InChI=1S/C18H32O7/c1-4-7-10-18(25-14-15(19)20,17(22)24-12-9-6-3)13-16(21)23-11-8-5-2/h4-14H2,1-3H3,(H,19,20). The smallest absolute Gasteiger partial charge is 0.339 e. The first-order valence-corrected chi connectivity index (χ1v) is 9.10. The molecule has 0 saturated carbocycles. The number of carbonyl (C=O) groups is 3. The van der Waals surface area contributed by atoms with Gasteiger partial charge in [0.05, 0.1) is 19.6 Å². The van der Waals surface area contributed by atoms with Crippen LogP contribution in [0.4, 0.5) is 0 Å². The molecule has 0 saturated heterocycles. The highest BCUT2D eigenvalue weighted by Gasteiger charge is 2.44. The van der Waals surface area contributed by atoms with Gasteiger partial charge in [0.25, 0.3) is 0 Å². The molecule has 0 bridgehead atoms. The Kier molecular flexibility index (Phi) is 12.7. The molecule has 146 valence electrons. The summed E-state index contributed by atoms with van der Waals surface area (Å²) in [5.74, 6) is -2.48. The molecule has 0 aliphatic carbocycles. The quantitative estimate of drug-likeness (QED) is 0.354. The van der Waals surface area contributed by atoms with Gasteiger partial charge in [-0.1, -0.05) is 46.5 Å². The second kappa shape index (κ2) is 13.6. The number of esters is 2. The van der Waals surface area contributed by atoms with E-state index in [9.17, 15) is 14.4 Å². The minimum absolute atomic E-state index is 0.213. The van der Waals surface area contributed by atoms with Gasteiger partial charge in [-0.15, -0.1) is 0 Å². The summed E-state index contributed by atoms with van der Waals surface area (Å²) in [5, 5.41) is 8.91. The summed E-state index contributed by atoms with van der Waals surface area (Å²) in [5.41, 5.74) is -1.61. The Morgan fingerprint density at radius 3 is 1.96 bits per heavy atom. The van der Waals surface area contributed by atoms with E-state index in [1.807, 2.05) is 20.8 Å². The van der Waals surface area contributed by atoms with Crippen LogP contribution < -0.4 is 0 Å². The second-order valence-electron chi connectivity index (χ2n) is 6.02. The van der Waals surface area contributed by atoms with Gasteiger partial charge in [0.15, 0.2) is 5.60 Å². The maximum atomic E-state index is 12.6. The molecule has 0 aromatic carbocycles. The molecule has 1 atom stereocenters. The van der Waals surface area contributed by atoms with Crippen LogP contribution >= 0.6 is 0 Å². The number of aliphatic carboxylic acids is 1. The third-order valence-corrected chi connectivity index (χ3v) is 3.70. The summed E-state index contributed by atoms with van der Waals surface area (Å²) in [6, 6.07) is 0. The van der Waals surface area contributed by atoms with Crippen molar-refractivity contribution in [2.45, 2.75) is 77.7 Å². The molecule has 7 heteroatoms. The van der Waals surface area contributed by atoms with Crippen molar-refractivity contribution < 1.29 is 33.7 Å². The van der Waals surface area contributed by atoms with E-state index in [0.29, 0.717) is 12.8 Å². The molecule has 25 heavy (non-hydrogen) atoms. The molecular weight excluding hydrogens is 328 g/mol. The van der Waals surface area contributed by atoms with E-state index in [4.69, 9.17) is 19.3 Å². The lowest BCUT2D eigenvalue weighted by atomic mass is 9.92. The Morgan fingerprint density at radius 2 is 1.44 bits per heavy atom. The van der Waals surface area contributed by atoms with Crippen molar-refractivity contribution in [2.75, 3.05) is 19.8 Å². The first-order valence-electron chi connectivity index (χ1n) is 9.10. The van der Waals surface area contributed by atoms with E-state index in [1.54, 1.807) is 0 Å². The minimum atomic E-state index is -1.61. The number of unbranched alkanes of at least 4 members (excludes halogenated alkanes) is 3. The highest BCUT2D eigenvalue weighted by Crippen LogP contribution is 2.27. The van der Waals surface area contributed by atoms with Crippen molar-refractivity contribution >= 4 is 17.9 Å². The van der Waals surface area contributed by atoms with Crippen molar-refractivity contribution in [1.29, 1.82) is 0 Å². The number of ether oxygens (including phenoxy) is 3. The van der Waals surface area contributed by atoms with Gasteiger partial charge in [-0.2, -0.15) is 0 Å². The molecule has 0 heterocycles. The minimum Gasteiger partial charge on any atom is -0.480 e. The number of hydrogen-bond donors (Lipinski definition) is 1. The van der Waals surface area contributed by atoms with Gasteiger partial charge in [0.2, 0.25) is 0 Å². The molecule has 0 amide bonds. The summed E-state index contributed by atoms with van der Waals surface area (Å²) < 4.78 is 15.8. The largest absolute Gasteiger partial charge is 0.480 e. The summed E-state index contributed by atoms with van der Waals surface area (Å²) in [4.78, 5) is 35.6. The lowest BCUT2D eigenvalue weighted by molar-refractivity contribution is -0.185. The zero-order valence-corrected chi connectivity index (χ0v) is 15.7. The summed E-state index contributed by atoms with van der Waals surface area (Å²) in [6.45, 7) is 5.68. The third-order valence-electron chi connectivity index (χ3n) is 3.70. The molecule has 0 aromatic rings. The number of carbonyl (C=O) groups excluding carboxylic acids is 2. The van der Waals surface area contributed by atoms with Crippen molar-refractivity contribution in [3.63, 3.8) is 0 Å². The molecule has 0 radical (unpaired) electrons. The second-order valence-corrected chi connectivity index (χ2v) is 6.02. The van der Waals surface area contributed by atoms with Gasteiger partial charge >= 0.3 is 17.9 Å². The van der Waals surface area contributed by atoms with E-state index in [0.717, 1.165) is 25.7 Å². The van der Waals surface area contributed by atoms with Gasteiger partial charge in [0.1, 0.15) is 6.61 Å². The van der Waals surface area contributed by atoms with Gasteiger partial charge in [-0.25, -0.2) is 9.59 Å². The van der Waals surface area contributed by atoms with Crippen LogP contribution in [0.25, 0.3) is 0 Å².